The number of nitrogens with one attached hydrogen (secondary N) is 1. The average molecular weight is 261 g/mol. The van der Waals surface area contributed by atoms with E-state index >= 15 is 0 Å². The Balaban J connectivity index is 2.96. The minimum absolute atomic E-state index is 0.0954. The number of ether oxygens (including phenoxy) is 2. The molecule has 0 amide bonds. The molecule has 1 rings (SSSR count). The van der Waals surface area contributed by atoms with Crippen molar-refractivity contribution in [2.75, 3.05) is 14.2 Å². The fourth-order valence-electron chi connectivity index (χ4n) is 2.05. The molecule has 0 heterocycles. The van der Waals surface area contributed by atoms with Crippen LogP contribution in [0.1, 0.15) is 38.3 Å². The Kier molecular flexibility index (Phi) is 6.24. The van der Waals surface area contributed by atoms with Crippen LogP contribution in [0.4, 0.5) is 0 Å². The van der Waals surface area contributed by atoms with Crippen molar-refractivity contribution in [3.63, 3.8) is 0 Å². The van der Waals surface area contributed by atoms with Gasteiger partial charge in [0.2, 0.25) is 0 Å². The molecule has 0 fully saturated rings. The summed E-state index contributed by atoms with van der Waals surface area (Å²) in [6.07, 6.45) is 7.39. The fourth-order valence-corrected chi connectivity index (χ4v) is 2.05. The molecular formula is C16H23NO2. The lowest BCUT2D eigenvalue weighted by molar-refractivity contribution is 0.353. The summed E-state index contributed by atoms with van der Waals surface area (Å²) in [5.41, 5.74) is 1.16. The summed E-state index contributed by atoms with van der Waals surface area (Å²) in [5.74, 6) is 4.26. The van der Waals surface area contributed by atoms with Gasteiger partial charge >= 0.3 is 0 Å². The molecule has 0 aliphatic heterocycles. The van der Waals surface area contributed by atoms with Crippen LogP contribution in [-0.2, 0) is 0 Å². The van der Waals surface area contributed by atoms with E-state index < -0.39 is 0 Å². The Bertz CT molecular complexity index is 437. The Morgan fingerprint density at radius 3 is 2.32 bits per heavy atom. The van der Waals surface area contributed by atoms with Crippen molar-refractivity contribution in [1.29, 1.82) is 0 Å². The van der Waals surface area contributed by atoms with Crippen molar-refractivity contribution >= 4 is 0 Å². The van der Waals surface area contributed by atoms with Crippen LogP contribution >= 0.6 is 0 Å². The molecule has 3 nitrogen and oxygen atoms in total. The van der Waals surface area contributed by atoms with Crippen molar-refractivity contribution in [3.05, 3.63) is 23.8 Å². The van der Waals surface area contributed by atoms with Crippen LogP contribution in [0.15, 0.2) is 18.2 Å². The van der Waals surface area contributed by atoms with E-state index in [0.717, 1.165) is 29.9 Å². The highest BCUT2D eigenvalue weighted by Gasteiger charge is 2.15. The molecule has 0 aromatic heterocycles. The molecule has 19 heavy (non-hydrogen) atoms. The molecule has 1 aromatic rings. The van der Waals surface area contributed by atoms with Gasteiger partial charge in [-0.25, -0.2) is 0 Å². The van der Waals surface area contributed by atoms with E-state index in [1.54, 1.807) is 14.2 Å². The third-order valence-corrected chi connectivity index (χ3v) is 3.23. The van der Waals surface area contributed by atoms with Crippen molar-refractivity contribution in [2.24, 2.45) is 0 Å². The highest BCUT2D eigenvalue weighted by Crippen LogP contribution is 2.31. The maximum absolute atomic E-state index is 5.51. The third-order valence-electron chi connectivity index (χ3n) is 3.23. The minimum Gasteiger partial charge on any atom is -0.493 e. The van der Waals surface area contributed by atoms with Crippen LogP contribution < -0.4 is 14.8 Å². The summed E-state index contributed by atoms with van der Waals surface area (Å²) in [5, 5.41) is 3.48. The normalized spacial score (nSPS) is 13.4. The summed E-state index contributed by atoms with van der Waals surface area (Å²) >= 11 is 0. The van der Waals surface area contributed by atoms with Gasteiger partial charge in [0.25, 0.3) is 0 Å². The molecule has 2 atom stereocenters. The lowest BCUT2D eigenvalue weighted by atomic mass is 10.0. The number of rotatable bonds is 7. The SMILES string of the molecule is C#CC(CC)NC(CC)c1ccc(OC)c(OC)c1. The van der Waals surface area contributed by atoms with Gasteiger partial charge in [0.1, 0.15) is 0 Å². The molecule has 0 aliphatic carbocycles. The predicted octanol–water partition coefficient (Wildman–Crippen LogP) is 3.16. The minimum atomic E-state index is 0.0954. The molecule has 0 bridgehead atoms. The van der Waals surface area contributed by atoms with Crippen molar-refractivity contribution < 1.29 is 9.47 Å². The summed E-state index contributed by atoms with van der Waals surface area (Å²) in [6.45, 7) is 4.22. The first-order chi connectivity index (χ1) is 9.19. The lowest BCUT2D eigenvalue weighted by Gasteiger charge is -2.22. The Morgan fingerprint density at radius 1 is 1.16 bits per heavy atom. The van der Waals surface area contributed by atoms with Crippen molar-refractivity contribution in [2.45, 2.75) is 38.8 Å². The van der Waals surface area contributed by atoms with Crippen LogP contribution in [0, 0.1) is 12.3 Å². The van der Waals surface area contributed by atoms with Gasteiger partial charge in [-0.3, -0.25) is 5.32 Å². The molecule has 1 N–H and O–H groups in total. The molecular weight excluding hydrogens is 238 g/mol. The summed E-state index contributed by atoms with van der Waals surface area (Å²) in [7, 11) is 3.28. The Hall–Kier alpha value is -1.66. The predicted molar refractivity (Wildman–Crippen MR) is 78.6 cm³/mol. The van der Waals surface area contributed by atoms with Crippen LogP contribution in [0.25, 0.3) is 0 Å². The molecule has 1 aromatic carbocycles. The van der Waals surface area contributed by atoms with Gasteiger partial charge in [0.05, 0.1) is 20.3 Å². The second kappa shape index (κ2) is 7.70. The van der Waals surface area contributed by atoms with E-state index in [0.29, 0.717) is 0 Å². The lowest BCUT2D eigenvalue weighted by Crippen LogP contribution is -2.30. The average Bonchev–Trinajstić information content (AvgIpc) is 2.48. The van der Waals surface area contributed by atoms with E-state index in [-0.39, 0.29) is 12.1 Å². The van der Waals surface area contributed by atoms with Gasteiger partial charge in [-0.15, -0.1) is 6.42 Å². The highest BCUT2D eigenvalue weighted by molar-refractivity contribution is 5.43. The molecule has 0 saturated heterocycles. The fraction of sp³-hybridized carbons (Fsp3) is 0.500. The Morgan fingerprint density at radius 2 is 1.84 bits per heavy atom. The second-order valence-corrected chi connectivity index (χ2v) is 4.37. The van der Waals surface area contributed by atoms with Gasteiger partial charge in [0, 0.05) is 6.04 Å². The van der Waals surface area contributed by atoms with Gasteiger partial charge in [-0.2, -0.15) is 0 Å². The highest BCUT2D eigenvalue weighted by atomic mass is 16.5. The van der Waals surface area contributed by atoms with Crippen LogP contribution in [0.5, 0.6) is 11.5 Å². The quantitative estimate of drug-likeness (QED) is 0.765. The molecule has 3 heteroatoms. The topological polar surface area (TPSA) is 30.5 Å². The van der Waals surface area contributed by atoms with Crippen LogP contribution in [0.3, 0.4) is 0 Å². The smallest absolute Gasteiger partial charge is 0.161 e. The maximum atomic E-state index is 5.51. The van der Waals surface area contributed by atoms with Gasteiger partial charge in [-0.05, 0) is 30.5 Å². The first-order valence-corrected chi connectivity index (χ1v) is 6.64. The molecule has 104 valence electrons. The standard InChI is InChI=1S/C16H23NO2/c1-6-13(7-2)17-14(8-3)12-9-10-15(18-4)16(11-12)19-5/h1,9-11,13-14,17H,7-8H2,2-5H3. The first-order valence-electron chi connectivity index (χ1n) is 6.64. The van der Waals surface area contributed by atoms with Crippen LogP contribution in [-0.4, -0.2) is 20.3 Å². The molecule has 0 saturated carbocycles. The van der Waals surface area contributed by atoms with Gasteiger partial charge in [-0.1, -0.05) is 25.8 Å². The summed E-state index contributed by atoms with van der Waals surface area (Å²) in [6, 6.07) is 6.29. The van der Waals surface area contributed by atoms with E-state index in [1.165, 1.54) is 0 Å². The molecule has 0 aliphatic rings. The zero-order valence-electron chi connectivity index (χ0n) is 12.2. The summed E-state index contributed by atoms with van der Waals surface area (Å²) < 4.78 is 10.6. The van der Waals surface area contributed by atoms with E-state index in [2.05, 4.69) is 25.1 Å². The summed E-state index contributed by atoms with van der Waals surface area (Å²) in [4.78, 5) is 0. The van der Waals surface area contributed by atoms with Crippen molar-refractivity contribution in [1.82, 2.24) is 5.32 Å². The van der Waals surface area contributed by atoms with E-state index in [1.807, 2.05) is 18.2 Å². The van der Waals surface area contributed by atoms with Gasteiger partial charge in [0.15, 0.2) is 11.5 Å². The maximum Gasteiger partial charge on any atom is 0.161 e. The second-order valence-electron chi connectivity index (χ2n) is 4.37. The number of hydrogen-bond acceptors (Lipinski definition) is 3. The molecule has 2 unspecified atom stereocenters. The third kappa shape index (κ3) is 3.90. The largest absolute Gasteiger partial charge is 0.493 e. The van der Waals surface area contributed by atoms with Crippen molar-refractivity contribution in [3.8, 4) is 23.8 Å². The molecule has 0 radical (unpaired) electrons. The molecule has 0 spiro atoms. The number of benzene rings is 1. The zero-order chi connectivity index (χ0) is 14.3. The number of hydrogen-bond donors (Lipinski definition) is 1. The Labute approximate surface area is 116 Å². The van der Waals surface area contributed by atoms with Gasteiger partial charge < -0.3 is 9.47 Å². The van der Waals surface area contributed by atoms with E-state index in [4.69, 9.17) is 15.9 Å². The number of methoxy groups -OCH3 is 2. The monoisotopic (exact) mass is 261 g/mol. The van der Waals surface area contributed by atoms with E-state index in [9.17, 15) is 0 Å². The first kappa shape index (κ1) is 15.4. The zero-order valence-corrected chi connectivity index (χ0v) is 12.2. The van der Waals surface area contributed by atoms with Crippen LogP contribution in [0.2, 0.25) is 0 Å². The number of terminal acetylenes is 1.